The maximum atomic E-state index is 12.5. The molecule has 26 heavy (non-hydrogen) atoms. The minimum Gasteiger partial charge on any atom is -0.545 e. The summed E-state index contributed by atoms with van der Waals surface area (Å²) in [6.07, 6.45) is 0.288. The molecule has 0 saturated carbocycles. The second-order valence-corrected chi connectivity index (χ2v) is 5.99. The quantitative estimate of drug-likeness (QED) is 0.746. The van der Waals surface area contributed by atoms with Crippen molar-refractivity contribution in [2.45, 2.75) is 12.3 Å². The first kappa shape index (κ1) is 17.4. The highest BCUT2D eigenvalue weighted by Crippen LogP contribution is 2.28. The Bertz CT molecular complexity index is 835. The van der Waals surface area contributed by atoms with E-state index in [0.717, 1.165) is 11.1 Å². The fourth-order valence-electron chi connectivity index (χ4n) is 2.89. The number of hydrogen-bond acceptors (Lipinski definition) is 3. The van der Waals surface area contributed by atoms with Crippen LogP contribution in [0.3, 0.4) is 0 Å². The van der Waals surface area contributed by atoms with Crippen LogP contribution < -0.4 is 10.4 Å². The van der Waals surface area contributed by atoms with Crippen LogP contribution in [-0.4, -0.2) is 11.9 Å². The summed E-state index contributed by atoms with van der Waals surface area (Å²) < 4.78 is 0. The average Bonchev–Trinajstić information content (AvgIpc) is 2.68. The van der Waals surface area contributed by atoms with Gasteiger partial charge in [0.15, 0.2) is 0 Å². The number of carboxylic acid groups (broad SMARTS) is 1. The fourth-order valence-corrected chi connectivity index (χ4v) is 2.89. The molecule has 0 spiro atoms. The standard InChI is InChI=1S/C22H19NO3/c24-21(23-19-13-11-18(12-14-19)22(25)26)15-20(16-7-3-1-4-8-16)17-9-5-2-6-10-17/h1-14,20H,15H2,(H,23,24)(H,25,26)/p-1. The first-order valence-corrected chi connectivity index (χ1v) is 8.34. The summed E-state index contributed by atoms with van der Waals surface area (Å²) in [6.45, 7) is 0. The molecule has 0 radical (unpaired) electrons. The first-order chi connectivity index (χ1) is 12.6. The second-order valence-electron chi connectivity index (χ2n) is 5.99. The molecule has 1 amide bonds. The number of rotatable bonds is 6. The van der Waals surface area contributed by atoms with E-state index >= 15 is 0 Å². The van der Waals surface area contributed by atoms with Crippen LogP contribution in [0.15, 0.2) is 84.9 Å². The minimum absolute atomic E-state index is 0.0557. The number of hydrogen-bond donors (Lipinski definition) is 1. The lowest BCUT2D eigenvalue weighted by Crippen LogP contribution is -2.22. The molecule has 0 aromatic heterocycles. The Balaban J connectivity index is 1.76. The number of aromatic carboxylic acids is 1. The Morgan fingerprint density at radius 1 is 0.769 bits per heavy atom. The largest absolute Gasteiger partial charge is 0.545 e. The first-order valence-electron chi connectivity index (χ1n) is 8.34. The molecule has 0 saturated heterocycles. The second kappa shape index (κ2) is 8.12. The summed E-state index contributed by atoms with van der Waals surface area (Å²) >= 11 is 0. The van der Waals surface area contributed by atoms with Crippen LogP contribution in [0.4, 0.5) is 5.69 Å². The molecule has 0 fully saturated rings. The van der Waals surface area contributed by atoms with Crippen molar-refractivity contribution in [2.24, 2.45) is 0 Å². The van der Waals surface area contributed by atoms with Crippen molar-refractivity contribution in [1.82, 2.24) is 0 Å². The third-order valence-corrected chi connectivity index (χ3v) is 4.20. The van der Waals surface area contributed by atoms with E-state index in [9.17, 15) is 14.7 Å². The summed E-state index contributed by atoms with van der Waals surface area (Å²) in [5.74, 6) is -1.43. The third-order valence-electron chi connectivity index (χ3n) is 4.20. The molecule has 0 aliphatic rings. The van der Waals surface area contributed by atoms with Gasteiger partial charge in [-0.2, -0.15) is 0 Å². The van der Waals surface area contributed by atoms with Gasteiger partial charge in [0.1, 0.15) is 0 Å². The molecule has 4 nitrogen and oxygen atoms in total. The van der Waals surface area contributed by atoms with Crippen LogP contribution >= 0.6 is 0 Å². The number of anilines is 1. The monoisotopic (exact) mass is 344 g/mol. The van der Waals surface area contributed by atoms with E-state index in [4.69, 9.17) is 0 Å². The van der Waals surface area contributed by atoms with Crippen molar-refractivity contribution >= 4 is 17.6 Å². The SMILES string of the molecule is O=C(CC(c1ccccc1)c1ccccc1)Nc1ccc(C(=O)[O-])cc1. The normalized spacial score (nSPS) is 10.5. The van der Waals surface area contributed by atoms with Gasteiger partial charge in [0, 0.05) is 18.0 Å². The summed E-state index contributed by atoms with van der Waals surface area (Å²) in [4.78, 5) is 23.3. The zero-order chi connectivity index (χ0) is 18.4. The van der Waals surface area contributed by atoms with Gasteiger partial charge in [-0.15, -0.1) is 0 Å². The maximum Gasteiger partial charge on any atom is 0.225 e. The molecule has 3 aromatic carbocycles. The molecule has 0 unspecified atom stereocenters. The summed E-state index contributed by atoms with van der Waals surface area (Å²) in [5.41, 5.74) is 2.77. The van der Waals surface area contributed by atoms with Crippen LogP contribution in [0.5, 0.6) is 0 Å². The molecule has 0 aliphatic heterocycles. The lowest BCUT2D eigenvalue weighted by atomic mass is 9.88. The Morgan fingerprint density at radius 2 is 1.27 bits per heavy atom. The molecule has 0 heterocycles. The molecule has 4 heteroatoms. The van der Waals surface area contributed by atoms with Crippen LogP contribution in [0.25, 0.3) is 0 Å². The molecular weight excluding hydrogens is 326 g/mol. The van der Waals surface area contributed by atoms with E-state index < -0.39 is 5.97 Å². The molecule has 0 atom stereocenters. The topological polar surface area (TPSA) is 69.2 Å². The molecule has 1 N–H and O–H groups in total. The lowest BCUT2D eigenvalue weighted by molar-refractivity contribution is -0.255. The van der Waals surface area contributed by atoms with Gasteiger partial charge in [-0.3, -0.25) is 4.79 Å². The lowest BCUT2D eigenvalue weighted by Gasteiger charge is -2.18. The highest BCUT2D eigenvalue weighted by Gasteiger charge is 2.18. The highest BCUT2D eigenvalue weighted by molar-refractivity contribution is 5.92. The summed E-state index contributed by atoms with van der Waals surface area (Å²) in [7, 11) is 0. The number of benzene rings is 3. The summed E-state index contributed by atoms with van der Waals surface area (Å²) in [5, 5.41) is 13.6. The van der Waals surface area contributed by atoms with E-state index in [2.05, 4.69) is 5.32 Å². The molecule has 0 aliphatic carbocycles. The van der Waals surface area contributed by atoms with Crippen molar-refractivity contribution in [3.05, 3.63) is 102 Å². The van der Waals surface area contributed by atoms with Crippen LogP contribution in [-0.2, 0) is 4.79 Å². The average molecular weight is 344 g/mol. The van der Waals surface area contributed by atoms with Crippen LogP contribution in [0.2, 0.25) is 0 Å². The van der Waals surface area contributed by atoms with Gasteiger partial charge in [0.05, 0.1) is 5.97 Å². The smallest absolute Gasteiger partial charge is 0.225 e. The Morgan fingerprint density at radius 3 is 1.73 bits per heavy atom. The van der Waals surface area contributed by atoms with E-state index in [1.807, 2.05) is 60.7 Å². The van der Waals surface area contributed by atoms with Crippen molar-refractivity contribution in [3.63, 3.8) is 0 Å². The van der Waals surface area contributed by atoms with Gasteiger partial charge < -0.3 is 15.2 Å². The zero-order valence-electron chi connectivity index (χ0n) is 14.1. The number of nitrogens with one attached hydrogen (secondary N) is 1. The fraction of sp³-hybridized carbons (Fsp3) is 0.0909. The van der Waals surface area contributed by atoms with E-state index in [-0.39, 0.29) is 23.8 Å². The molecule has 0 bridgehead atoms. The molecule has 130 valence electrons. The van der Waals surface area contributed by atoms with E-state index in [1.165, 1.54) is 12.1 Å². The number of carbonyl (C=O) groups is 2. The predicted octanol–water partition coefficient (Wildman–Crippen LogP) is 3.21. The van der Waals surface area contributed by atoms with Crippen molar-refractivity contribution in [1.29, 1.82) is 0 Å². The zero-order valence-corrected chi connectivity index (χ0v) is 14.1. The van der Waals surface area contributed by atoms with Crippen LogP contribution in [0.1, 0.15) is 33.8 Å². The van der Waals surface area contributed by atoms with Crippen LogP contribution in [0, 0.1) is 0 Å². The van der Waals surface area contributed by atoms with E-state index in [1.54, 1.807) is 12.1 Å². The minimum atomic E-state index is -1.24. The summed E-state index contributed by atoms with van der Waals surface area (Å²) in [6, 6.07) is 25.7. The van der Waals surface area contributed by atoms with Gasteiger partial charge in [-0.05, 0) is 28.8 Å². The van der Waals surface area contributed by atoms with Gasteiger partial charge in [0.2, 0.25) is 5.91 Å². The molecule has 3 rings (SSSR count). The molecule has 3 aromatic rings. The maximum absolute atomic E-state index is 12.5. The Kier molecular flexibility index (Phi) is 5.44. The van der Waals surface area contributed by atoms with Crippen molar-refractivity contribution in [3.8, 4) is 0 Å². The number of amides is 1. The van der Waals surface area contributed by atoms with Gasteiger partial charge in [-0.1, -0.05) is 72.8 Å². The van der Waals surface area contributed by atoms with Crippen molar-refractivity contribution < 1.29 is 14.7 Å². The van der Waals surface area contributed by atoms with Gasteiger partial charge in [-0.25, -0.2) is 0 Å². The van der Waals surface area contributed by atoms with Gasteiger partial charge >= 0.3 is 0 Å². The Labute approximate surface area is 152 Å². The number of carboxylic acids is 1. The third kappa shape index (κ3) is 4.36. The van der Waals surface area contributed by atoms with Crippen molar-refractivity contribution in [2.75, 3.05) is 5.32 Å². The Hall–Kier alpha value is -3.40. The highest BCUT2D eigenvalue weighted by atomic mass is 16.4. The predicted molar refractivity (Wildman–Crippen MR) is 98.7 cm³/mol. The van der Waals surface area contributed by atoms with E-state index in [0.29, 0.717) is 5.69 Å². The number of carbonyl (C=O) groups excluding carboxylic acids is 2. The molecular formula is C22H18NO3-. The van der Waals surface area contributed by atoms with Gasteiger partial charge in [0.25, 0.3) is 0 Å².